The molecule has 2 aromatic rings. The van der Waals surface area contributed by atoms with E-state index in [4.69, 9.17) is 0 Å². The third kappa shape index (κ3) is 3.70. The molecule has 19 heavy (non-hydrogen) atoms. The molecule has 0 bridgehead atoms. The molecular weight excluding hydrogens is 302 g/mol. The monoisotopic (exact) mass is 319 g/mol. The second-order valence-electron chi connectivity index (χ2n) is 4.78. The summed E-state index contributed by atoms with van der Waals surface area (Å²) in [6.45, 7) is 0.861. The van der Waals surface area contributed by atoms with Gasteiger partial charge in [-0.3, -0.25) is 4.98 Å². The van der Waals surface area contributed by atoms with E-state index in [1.165, 1.54) is 11.3 Å². The van der Waals surface area contributed by atoms with Gasteiger partial charge in [-0.1, -0.05) is 12.1 Å². The van der Waals surface area contributed by atoms with Crippen LogP contribution in [0.4, 0.5) is 11.4 Å². The Labute approximate surface area is 123 Å². The Hall–Kier alpha value is -1.55. The SMILES string of the molecule is CN(C)c1cccc(CN(C)c2cncc(Br)c2)c1. The standard InChI is InChI=1S/C15H18BrN3/c1-18(2)14-6-4-5-12(7-14)11-19(3)15-8-13(16)9-17-10-15/h4-10H,11H2,1-3H3. The first-order valence-electron chi connectivity index (χ1n) is 6.14. The van der Waals surface area contributed by atoms with Crippen molar-refractivity contribution in [2.24, 2.45) is 0 Å². The van der Waals surface area contributed by atoms with Gasteiger partial charge in [-0.2, -0.15) is 0 Å². The van der Waals surface area contributed by atoms with Crippen molar-refractivity contribution in [3.63, 3.8) is 0 Å². The lowest BCUT2D eigenvalue weighted by atomic mass is 10.2. The van der Waals surface area contributed by atoms with E-state index in [-0.39, 0.29) is 0 Å². The number of hydrogen-bond acceptors (Lipinski definition) is 3. The predicted molar refractivity (Wildman–Crippen MR) is 84.8 cm³/mol. The first kappa shape index (κ1) is 13.9. The number of hydrogen-bond donors (Lipinski definition) is 0. The molecule has 0 aliphatic rings. The molecule has 0 unspecified atom stereocenters. The number of halogens is 1. The Morgan fingerprint density at radius 3 is 2.53 bits per heavy atom. The summed E-state index contributed by atoms with van der Waals surface area (Å²) in [7, 11) is 6.19. The highest BCUT2D eigenvalue weighted by atomic mass is 79.9. The van der Waals surface area contributed by atoms with E-state index in [2.05, 4.69) is 82.2 Å². The lowest BCUT2D eigenvalue weighted by Gasteiger charge is -2.20. The minimum absolute atomic E-state index is 0.861. The molecule has 1 aromatic heterocycles. The van der Waals surface area contributed by atoms with Gasteiger partial charge in [-0.25, -0.2) is 0 Å². The molecule has 0 N–H and O–H groups in total. The number of benzene rings is 1. The van der Waals surface area contributed by atoms with E-state index in [1.54, 1.807) is 6.20 Å². The number of anilines is 2. The summed E-state index contributed by atoms with van der Waals surface area (Å²) in [4.78, 5) is 8.50. The molecule has 0 aliphatic carbocycles. The number of pyridine rings is 1. The summed E-state index contributed by atoms with van der Waals surface area (Å²) in [5, 5.41) is 0. The normalized spacial score (nSPS) is 10.3. The van der Waals surface area contributed by atoms with Crippen LogP contribution in [0.25, 0.3) is 0 Å². The largest absolute Gasteiger partial charge is 0.378 e. The van der Waals surface area contributed by atoms with Crippen LogP contribution in [0.15, 0.2) is 47.2 Å². The van der Waals surface area contributed by atoms with E-state index in [1.807, 2.05) is 6.20 Å². The first-order chi connectivity index (χ1) is 9.06. The van der Waals surface area contributed by atoms with Crippen molar-refractivity contribution in [1.29, 1.82) is 0 Å². The molecule has 0 spiro atoms. The Bertz CT molecular complexity index is 555. The molecular formula is C15H18BrN3. The van der Waals surface area contributed by atoms with Crippen molar-refractivity contribution in [2.45, 2.75) is 6.54 Å². The topological polar surface area (TPSA) is 19.4 Å². The van der Waals surface area contributed by atoms with Crippen LogP contribution in [0.2, 0.25) is 0 Å². The van der Waals surface area contributed by atoms with Crippen molar-refractivity contribution < 1.29 is 0 Å². The zero-order valence-electron chi connectivity index (χ0n) is 11.5. The lowest BCUT2D eigenvalue weighted by molar-refractivity contribution is 0.915. The zero-order valence-corrected chi connectivity index (χ0v) is 13.1. The van der Waals surface area contributed by atoms with Gasteiger partial charge < -0.3 is 9.80 Å². The maximum Gasteiger partial charge on any atom is 0.0564 e. The van der Waals surface area contributed by atoms with Gasteiger partial charge in [0.15, 0.2) is 0 Å². The van der Waals surface area contributed by atoms with Crippen LogP contribution >= 0.6 is 15.9 Å². The van der Waals surface area contributed by atoms with Crippen LogP contribution in [-0.4, -0.2) is 26.1 Å². The third-order valence-electron chi connectivity index (χ3n) is 2.98. The lowest BCUT2D eigenvalue weighted by Crippen LogP contribution is -2.17. The van der Waals surface area contributed by atoms with Crippen LogP contribution in [0.1, 0.15) is 5.56 Å². The fraction of sp³-hybridized carbons (Fsp3) is 0.267. The Balaban J connectivity index is 2.14. The maximum atomic E-state index is 4.20. The minimum Gasteiger partial charge on any atom is -0.378 e. The molecule has 1 aromatic carbocycles. The van der Waals surface area contributed by atoms with E-state index in [0.717, 1.165) is 16.7 Å². The summed E-state index contributed by atoms with van der Waals surface area (Å²) < 4.78 is 0.999. The highest BCUT2D eigenvalue weighted by molar-refractivity contribution is 9.10. The van der Waals surface area contributed by atoms with Gasteiger partial charge in [0, 0.05) is 44.0 Å². The average molecular weight is 320 g/mol. The quantitative estimate of drug-likeness (QED) is 0.859. The number of aromatic nitrogens is 1. The van der Waals surface area contributed by atoms with Gasteiger partial charge in [-0.15, -0.1) is 0 Å². The molecule has 0 saturated heterocycles. The van der Waals surface area contributed by atoms with E-state index >= 15 is 0 Å². The van der Waals surface area contributed by atoms with E-state index in [0.29, 0.717) is 0 Å². The van der Waals surface area contributed by atoms with Crippen molar-refractivity contribution >= 4 is 27.3 Å². The molecule has 2 rings (SSSR count). The van der Waals surface area contributed by atoms with Gasteiger partial charge in [0.1, 0.15) is 0 Å². The molecule has 1 heterocycles. The first-order valence-corrected chi connectivity index (χ1v) is 6.93. The highest BCUT2D eigenvalue weighted by Crippen LogP contribution is 2.20. The molecule has 0 aliphatic heterocycles. The summed E-state index contributed by atoms with van der Waals surface area (Å²) in [5.74, 6) is 0. The van der Waals surface area contributed by atoms with Gasteiger partial charge >= 0.3 is 0 Å². The van der Waals surface area contributed by atoms with Crippen LogP contribution in [0.3, 0.4) is 0 Å². The van der Waals surface area contributed by atoms with Gasteiger partial charge in [0.25, 0.3) is 0 Å². The van der Waals surface area contributed by atoms with E-state index < -0.39 is 0 Å². The molecule has 3 nitrogen and oxygen atoms in total. The summed E-state index contributed by atoms with van der Waals surface area (Å²) in [6.07, 6.45) is 3.67. The van der Waals surface area contributed by atoms with Crippen molar-refractivity contribution in [1.82, 2.24) is 4.98 Å². The van der Waals surface area contributed by atoms with Gasteiger partial charge in [-0.05, 0) is 39.7 Å². The Morgan fingerprint density at radius 2 is 1.84 bits per heavy atom. The molecule has 0 fully saturated rings. The van der Waals surface area contributed by atoms with Crippen LogP contribution in [0.5, 0.6) is 0 Å². The zero-order chi connectivity index (χ0) is 13.8. The van der Waals surface area contributed by atoms with Crippen LogP contribution in [0, 0.1) is 0 Å². The Kier molecular flexibility index (Phi) is 4.43. The molecule has 100 valence electrons. The fourth-order valence-electron chi connectivity index (χ4n) is 1.91. The van der Waals surface area contributed by atoms with E-state index in [9.17, 15) is 0 Å². The van der Waals surface area contributed by atoms with Gasteiger partial charge in [0.2, 0.25) is 0 Å². The highest BCUT2D eigenvalue weighted by Gasteiger charge is 2.04. The average Bonchev–Trinajstić information content (AvgIpc) is 2.39. The minimum atomic E-state index is 0.861. The number of nitrogens with zero attached hydrogens (tertiary/aromatic N) is 3. The number of rotatable bonds is 4. The predicted octanol–water partition coefficient (Wildman–Crippen LogP) is 3.55. The van der Waals surface area contributed by atoms with Crippen molar-refractivity contribution in [3.05, 3.63) is 52.8 Å². The smallest absolute Gasteiger partial charge is 0.0564 e. The Morgan fingerprint density at radius 1 is 1.05 bits per heavy atom. The summed E-state index contributed by atoms with van der Waals surface area (Å²) >= 11 is 3.45. The van der Waals surface area contributed by atoms with Crippen LogP contribution < -0.4 is 9.80 Å². The van der Waals surface area contributed by atoms with Crippen LogP contribution in [-0.2, 0) is 6.54 Å². The van der Waals surface area contributed by atoms with Crippen molar-refractivity contribution in [3.8, 4) is 0 Å². The second-order valence-corrected chi connectivity index (χ2v) is 5.70. The van der Waals surface area contributed by atoms with Crippen molar-refractivity contribution in [2.75, 3.05) is 30.9 Å². The summed E-state index contributed by atoms with van der Waals surface area (Å²) in [5.41, 5.74) is 3.61. The maximum absolute atomic E-state index is 4.20. The summed E-state index contributed by atoms with van der Waals surface area (Å²) in [6, 6.07) is 10.6. The fourth-order valence-corrected chi connectivity index (χ4v) is 2.26. The van der Waals surface area contributed by atoms with Gasteiger partial charge in [0.05, 0.1) is 11.9 Å². The molecule has 0 saturated carbocycles. The second kappa shape index (κ2) is 6.06. The molecule has 0 radical (unpaired) electrons. The molecule has 0 atom stereocenters. The third-order valence-corrected chi connectivity index (χ3v) is 3.41. The molecule has 4 heteroatoms. The molecule has 0 amide bonds.